The van der Waals surface area contributed by atoms with Crippen molar-refractivity contribution in [2.45, 2.75) is 58.2 Å². The number of benzene rings is 3. The van der Waals surface area contributed by atoms with Gasteiger partial charge in [0.15, 0.2) is 22.9 Å². The van der Waals surface area contributed by atoms with Gasteiger partial charge in [-0.15, -0.1) is 0 Å². The van der Waals surface area contributed by atoms with Crippen LogP contribution < -0.4 is 24.8 Å². The van der Waals surface area contributed by atoms with Gasteiger partial charge in [0.1, 0.15) is 39.5 Å². The summed E-state index contributed by atoms with van der Waals surface area (Å²) in [5, 5.41) is 21.2. The van der Waals surface area contributed by atoms with Crippen LogP contribution in [0.4, 0.5) is 11.6 Å². The molecule has 9 rings (SSSR count). The van der Waals surface area contributed by atoms with Crippen LogP contribution >= 0.6 is 0 Å². The lowest BCUT2D eigenvalue weighted by atomic mass is 10.1. The second kappa shape index (κ2) is 17.7. The van der Waals surface area contributed by atoms with Crippen molar-refractivity contribution < 1.29 is 23.7 Å². The summed E-state index contributed by atoms with van der Waals surface area (Å²) in [4.78, 5) is 9.02. The molecule has 6 heterocycles. The summed E-state index contributed by atoms with van der Waals surface area (Å²) in [6.07, 6.45) is 7.34. The molecule has 0 unspecified atom stereocenters. The van der Waals surface area contributed by atoms with Crippen molar-refractivity contribution in [3.05, 3.63) is 114 Å². The van der Waals surface area contributed by atoms with Crippen LogP contribution in [-0.4, -0.2) is 75.6 Å². The number of hydrogen-bond donors (Lipinski definition) is 3. The fraction of sp³-hybridized carbons (Fsp3) is 0.318. The first-order valence-corrected chi connectivity index (χ1v) is 19.5. The normalized spacial score (nSPS) is 14.9. The zero-order chi connectivity index (χ0) is 39.0. The summed E-state index contributed by atoms with van der Waals surface area (Å²) in [5.74, 6) is 5.47. The molecule has 4 aromatic heterocycles. The Bertz CT molecular complexity index is 2370. The summed E-state index contributed by atoms with van der Waals surface area (Å²) in [6.45, 7) is 7.79. The molecule has 13 nitrogen and oxygen atoms in total. The number of anilines is 2. The molecule has 0 amide bonds. The van der Waals surface area contributed by atoms with Crippen molar-refractivity contribution in [3.8, 4) is 28.7 Å². The van der Waals surface area contributed by atoms with Crippen molar-refractivity contribution >= 4 is 33.7 Å². The Labute approximate surface area is 331 Å². The number of aryl methyl sites for hydroxylation is 2. The van der Waals surface area contributed by atoms with Crippen LogP contribution in [-0.2, 0) is 16.0 Å². The molecular weight excluding hydrogens is 721 g/mol. The van der Waals surface area contributed by atoms with E-state index in [4.69, 9.17) is 28.8 Å². The summed E-state index contributed by atoms with van der Waals surface area (Å²) >= 11 is 0. The highest BCUT2D eigenvalue weighted by Gasteiger charge is 2.22. The van der Waals surface area contributed by atoms with E-state index in [9.17, 15) is 0 Å². The van der Waals surface area contributed by atoms with Crippen molar-refractivity contribution in [1.82, 2.24) is 29.9 Å². The zero-order valence-corrected chi connectivity index (χ0v) is 32.5. The molecule has 2 aliphatic heterocycles. The zero-order valence-electron chi connectivity index (χ0n) is 32.5. The first-order chi connectivity index (χ1) is 28.0. The molecule has 3 N–H and O–H groups in total. The molecule has 294 valence electrons. The third-order valence-electron chi connectivity index (χ3n) is 10.1. The summed E-state index contributed by atoms with van der Waals surface area (Å²) < 4.78 is 30.5. The Hall–Kier alpha value is -6.18. The molecule has 0 radical (unpaired) electrons. The van der Waals surface area contributed by atoms with Crippen molar-refractivity contribution in [2.75, 3.05) is 44.2 Å². The van der Waals surface area contributed by atoms with Gasteiger partial charge in [-0.05, 0) is 81.5 Å². The standard InChI is InChI=1S/C26H28N4O3.C18H20N4O2/c1-18-3-7-22(8-4-18)33-23-11-14-27-26-24(23)25(28-20-12-15-32-16-13-20)29-30(26)17-19-5-9-21(31-2)10-6-19;1-12-2-4-14(5-3-12)24-15-6-9-19-17-16(15)18(22-21-17)20-13-7-10-23-11-8-13/h3-11,14,20H,12-13,15-17H2,1-2H3,(H,28,29);2-6,9,13H,7-8,10-11H2,1H3,(H2,19,20,21,22). The highest BCUT2D eigenvalue weighted by Crippen LogP contribution is 2.36. The van der Waals surface area contributed by atoms with Crippen LogP contribution in [0.15, 0.2) is 97.3 Å². The van der Waals surface area contributed by atoms with E-state index in [1.54, 1.807) is 19.5 Å². The summed E-state index contributed by atoms with van der Waals surface area (Å²) in [7, 11) is 1.67. The van der Waals surface area contributed by atoms with Crippen LogP contribution in [0.5, 0.6) is 28.7 Å². The van der Waals surface area contributed by atoms with E-state index in [1.807, 2.05) is 89.6 Å². The van der Waals surface area contributed by atoms with Gasteiger partial charge in [-0.3, -0.25) is 5.10 Å². The van der Waals surface area contributed by atoms with Gasteiger partial charge in [0, 0.05) is 63.0 Å². The minimum Gasteiger partial charge on any atom is -0.497 e. The average molecular weight is 769 g/mol. The third-order valence-corrected chi connectivity index (χ3v) is 10.1. The molecule has 2 saturated heterocycles. The topological polar surface area (TPSA) is 142 Å². The van der Waals surface area contributed by atoms with Crippen molar-refractivity contribution in [1.29, 1.82) is 0 Å². The number of nitrogens with zero attached hydrogens (tertiary/aromatic N) is 5. The van der Waals surface area contributed by atoms with Gasteiger partial charge in [-0.2, -0.15) is 10.2 Å². The fourth-order valence-electron chi connectivity index (χ4n) is 6.92. The molecule has 0 atom stereocenters. The number of H-pyrrole nitrogens is 1. The average Bonchev–Trinajstić information content (AvgIpc) is 3.82. The summed E-state index contributed by atoms with van der Waals surface area (Å²) in [5.41, 5.74) is 5.01. The van der Waals surface area contributed by atoms with Crippen LogP contribution in [0.1, 0.15) is 42.4 Å². The predicted octanol–water partition coefficient (Wildman–Crippen LogP) is 8.83. The highest BCUT2D eigenvalue weighted by atomic mass is 16.5. The van der Waals surface area contributed by atoms with Gasteiger partial charge >= 0.3 is 0 Å². The third kappa shape index (κ3) is 9.28. The molecule has 7 aromatic rings. The lowest BCUT2D eigenvalue weighted by molar-refractivity contribution is 0.0903. The van der Waals surface area contributed by atoms with E-state index in [0.717, 1.165) is 114 Å². The molecule has 3 aromatic carbocycles. The van der Waals surface area contributed by atoms with E-state index in [2.05, 4.69) is 44.6 Å². The van der Waals surface area contributed by atoms with E-state index in [0.29, 0.717) is 24.3 Å². The first kappa shape index (κ1) is 37.7. The van der Waals surface area contributed by atoms with Gasteiger partial charge in [0.2, 0.25) is 0 Å². The van der Waals surface area contributed by atoms with Gasteiger partial charge in [0.05, 0.1) is 13.7 Å². The Morgan fingerprint density at radius 3 is 1.75 bits per heavy atom. The maximum Gasteiger partial charge on any atom is 0.164 e. The number of ether oxygens (including phenoxy) is 5. The number of aromatic amines is 1. The predicted molar refractivity (Wildman–Crippen MR) is 221 cm³/mol. The second-order valence-electron chi connectivity index (χ2n) is 14.4. The van der Waals surface area contributed by atoms with E-state index < -0.39 is 0 Å². The maximum absolute atomic E-state index is 6.30. The first-order valence-electron chi connectivity index (χ1n) is 19.5. The Morgan fingerprint density at radius 2 is 1.18 bits per heavy atom. The smallest absolute Gasteiger partial charge is 0.164 e. The number of pyridine rings is 2. The number of hydrogen-bond acceptors (Lipinski definition) is 11. The second-order valence-corrected chi connectivity index (χ2v) is 14.4. The summed E-state index contributed by atoms with van der Waals surface area (Å²) in [6, 6.07) is 28.5. The van der Waals surface area contributed by atoms with E-state index in [-0.39, 0.29) is 0 Å². The SMILES string of the molecule is COc1ccc(Cn2nc(NC3CCOCC3)c3c(Oc4ccc(C)cc4)ccnc32)cc1.Cc1ccc(Oc2ccnc3[nH]nc(NC4CCOCC4)c23)cc1. The van der Waals surface area contributed by atoms with Gasteiger partial charge in [-0.25, -0.2) is 14.6 Å². The minimum absolute atomic E-state index is 0.304. The molecule has 0 spiro atoms. The minimum atomic E-state index is 0.304. The fourth-order valence-corrected chi connectivity index (χ4v) is 6.92. The highest BCUT2D eigenvalue weighted by molar-refractivity contribution is 5.94. The Balaban J connectivity index is 0.000000168. The quantitative estimate of drug-likeness (QED) is 0.116. The molecule has 57 heavy (non-hydrogen) atoms. The number of aromatic nitrogens is 6. The van der Waals surface area contributed by atoms with Crippen molar-refractivity contribution in [3.63, 3.8) is 0 Å². The number of fused-ring (bicyclic) bond motifs is 2. The van der Waals surface area contributed by atoms with E-state index >= 15 is 0 Å². The van der Waals surface area contributed by atoms with Crippen LogP contribution in [0.2, 0.25) is 0 Å². The lowest BCUT2D eigenvalue weighted by Gasteiger charge is -2.23. The molecule has 0 aliphatic carbocycles. The van der Waals surface area contributed by atoms with Gasteiger partial charge in [-0.1, -0.05) is 47.5 Å². The monoisotopic (exact) mass is 768 g/mol. The maximum atomic E-state index is 6.30. The van der Waals surface area contributed by atoms with Crippen LogP contribution in [0.3, 0.4) is 0 Å². The van der Waals surface area contributed by atoms with Gasteiger partial charge in [0.25, 0.3) is 0 Å². The molecule has 0 saturated carbocycles. The molecule has 2 fully saturated rings. The largest absolute Gasteiger partial charge is 0.497 e. The van der Waals surface area contributed by atoms with Gasteiger partial charge < -0.3 is 34.3 Å². The van der Waals surface area contributed by atoms with Crippen LogP contribution in [0, 0.1) is 13.8 Å². The Morgan fingerprint density at radius 1 is 0.649 bits per heavy atom. The Kier molecular flexibility index (Phi) is 11.7. The van der Waals surface area contributed by atoms with Crippen LogP contribution in [0.25, 0.3) is 22.1 Å². The number of nitrogens with one attached hydrogen (secondary N) is 3. The number of methoxy groups -OCH3 is 1. The molecule has 13 heteroatoms. The van der Waals surface area contributed by atoms with E-state index in [1.165, 1.54) is 11.1 Å². The molecule has 0 bridgehead atoms. The van der Waals surface area contributed by atoms with Crippen molar-refractivity contribution in [2.24, 2.45) is 0 Å². The lowest BCUT2D eigenvalue weighted by Crippen LogP contribution is -2.28. The number of rotatable bonds is 11. The molecular formula is C44H48N8O5. The molecule has 2 aliphatic rings.